The van der Waals surface area contributed by atoms with E-state index in [1.807, 2.05) is 7.11 Å². The Labute approximate surface area is 98.2 Å². The van der Waals surface area contributed by atoms with Crippen LogP contribution in [0.2, 0.25) is 0 Å². The van der Waals surface area contributed by atoms with Crippen molar-refractivity contribution < 1.29 is 4.74 Å². The molecule has 1 fully saturated rings. The van der Waals surface area contributed by atoms with E-state index in [9.17, 15) is 0 Å². The molecule has 0 bridgehead atoms. The van der Waals surface area contributed by atoms with E-state index < -0.39 is 0 Å². The van der Waals surface area contributed by atoms with Crippen LogP contribution in [0.5, 0.6) is 0 Å². The molecule has 1 heterocycles. The Hall–Kier alpha value is -0.860. The molecule has 0 aromatic heterocycles. The Morgan fingerprint density at radius 3 is 2.56 bits per heavy atom. The molecule has 0 aliphatic carbocycles. The highest BCUT2D eigenvalue weighted by molar-refractivity contribution is 5.25. The molecule has 0 atom stereocenters. The second-order valence-electron chi connectivity index (χ2n) is 4.64. The minimum atomic E-state index is 0.480. The van der Waals surface area contributed by atoms with Crippen molar-refractivity contribution in [1.82, 2.24) is 4.90 Å². The van der Waals surface area contributed by atoms with Crippen LogP contribution in [0.3, 0.4) is 0 Å². The molecule has 1 aliphatic rings. The van der Waals surface area contributed by atoms with E-state index in [4.69, 9.17) is 4.74 Å². The fourth-order valence-corrected chi connectivity index (χ4v) is 2.33. The Morgan fingerprint density at radius 1 is 1.25 bits per heavy atom. The van der Waals surface area contributed by atoms with E-state index in [1.54, 1.807) is 0 Å². The molecule has 0 saturated carbocycles. The van der Waals surface area contributed by atoms with E-state index in [1.165, 1.54) is 24.0 Å². The zero-order valence-electron chi connectivity index (χ0n) is 10.3. The molecular weight excluding hydrogens is 198 g/mol. The van der Waals surface area contributed by atoms with Gasteiger partial charge in [0.2, 0.25) is 0 Å². The molecule has 2 rings (SSSR count). The molecular formula is C14H21NO. The average molecular weight is 219 g/mol. The molecule has 1 aromatic rings. The van der Waals surface area contributed by atoms with E-state index >= 15 is 0 Å². The van der Waals surface area contributed by atoms with Gasteiger partial charge in [-0.25, -0.2) is 0 Å². The van der Waals surface area contributed by atoms with Crippen LogP contribution in [-0.4, -0.2) is 31.2 Å². The zero-order chi connectivity index (χ0) is 11.4. The minimum absolute atomic E-state index is 0.480. The predicted octanol–water partition coefficient (Wildman–Crippen LogP) is 2.61. The van der Waals surface area contributed by atoms with Gasteiger partial charge in [-0.1, -0.05) is 24.3 Å². The lowest BCUT2D eigenvalue weighted by molar-refractivity contribution is 0.0388. The zero-order valence-corrected chi connectivity index (χ0v) is 10.3. The summed E-state index contributed by atoms with van der Waals surface area (Å²) in [6.07, 6.45) is 2.82. The van der Waals surface area contributed by atoms with Crippen LogP contribution in [-0.2, 0) is 11.3 Å². The Kier molecular flexibility index (Phi) is 3.97. The maximum absolute atomic E-state index is 5.39. The van der Waals surface area contributed by atoms with Crippen LogP contribution in [0.1, 0.15) is 24.0 Å². The molecule has 1 aromatic carbocycles. The van der Waals surface area contributed by atoms with Gasteiger partial charge >= 0.3 is 0 Å². The van der Waals surface area contributed by atoms with Crippen molar-refractivity contribution >= 4 is 0 Å². The summed E-state index contributed by atoms with van der Waals surface area (Å²) >= 11 is 0. The van der Waals surface area contributed by atoms with Crippen molar-refractivity contribution in [3.63, 3.8) is 0 Å². The summed E-state index contributed by atoms with van der Waals surface area (Å²) < 4.78 is 5.39. The highest BCUT2D eigenvalue weighted by atomic mass is 16.5. The van der Waals surface area contributed by atoms with Crippen molar-refractivity contribution in [2.24, 2.45) is 0 Å². The maximum Gasteiger partial charge on any atom is 0.0595 e. The summed E-state index contributed by atoms with van der Waals surface area (Å²) in [6, 6.07) is 8.66. The third-order valence-corrected chi connectivity index (χ3v) is 3.52. The van der Waals surface area contributed by atoms with Gasteiger partial charge in [-0.15, -0.1) is 0 Å². The lowest BCUT2D eigenvalue weighted by Crippen LogP contribution is -2.36. The number of benzene rings is 1. The maximum atomic E-state index is 5.39. The number of ether oxygens (including phenoxy) is 1. The van der Waals surface area contributed by atoms with E-state index in [0.717, 1.165) is 19.6 Å². The van der Waals surface area contributed by atoms with Crippen molar-refractivity contribution in [2.75, 3.05) is 20.2 Å². The first-order valence-corrected chi connectivity index (χ1v) is 6.09. The predicted molar refractivity (Wildman–Crippen MR) is 66.5 cm³/mol. The summed E-state index contributed by atoms with van der Waals surface area (Å²) in [5.41, 5.74) is 2.86. The molecule has 0 N–H and O–H groups in total. The van der Waals surface area contributed by atoms with Crippen LogP contribution in [0, 0.1) is 6.92 Å². The largest absolute Gasteiger partial charge is 0.381 e. The molecule has 2 nitrogen and oxygen atoms in total. The first-order chi connectivity index (χ1) is 7.79. The monoisotopic (exact) mass is 219 g/mol. The molecule has 88 valence electrons. The first kappa shape index (κ1) is 11.6. The van der Waals surface area contributed by atoms with Gasteiger partial charge in [0.25, 0.3) is 0 Å². The SMILES string of the molecule is COC1CCN(Cc2ccccc2C)CC1. The fraction of sp³-hybridized carbons (Fsp3) is 0.571. The Morgan fingerprint density at radius 2 is 1.94 bits per heavy atom. The molecule has 1 aliphatic heterocycles. The van der Waals surface area contributed by atoms with Gasteiger partial charge in [0, 0.05) is 26.7 Å². The summed E-state index contributed by atoms with van der Waals surface area (Å²) in [5, 5.41) is 0. The van der Waals surface area contributed by atoms with Crippen LogP contribution >= 0.6 is 0 Å². The molecule has 1 saturated heterocycles. The number of likely N-dealkylation sites (tertiary alicyclic amines) is 1. The van der Waals surface area contributed by atoms with Gasteiger partial charge in [0.15, 0.2) is 0 Å². The topological polar surface area (TPSA) is 12.5 Å². The first-order valence-electron chi connectivity index (χ1n) is 6.09. The van der Waals surface area contributed by atoms with Gasteiger partial charge in [0.1, 0.15) is 0 Å². The summed E-state index contributed by atoms with van der Waals surface area (Å²) in [6.45, 7) is 5.60. The quantitative estimate of drug-likeness (QED) is 0.775. The second-order valence-corrected chi connectivity index (χ2v) is 4.64. The van der Waals surface area contributed by atoms with Crippen LogP contribution in [0.4, 0.5) is 0 Å². The molecule has 0 unspecified atom stereocenters. The smallest absolute Gasteiger partial charge is 0.0595 e. The Balaban J connectivity index is 1.89. The lowest BCUT2D eigenvalue weighted by Gasteiger charge is -2.31. The van der Waals surface area contributed by atoms with Gasteiger partial charge in [0.05, 0.1) is 6.10 Å². The number of aryl methyl sites for hydroxylation is 1. The van der Waals surface area contributed by atoms with Crippen molar-refractivity contribution in [1.29, 1.82) is 0 Å². The number of hydrogen-bond donors (Lipinski definition) is 0. The average Bonchev–Trinajstić information content (AvgIpc) is 2.33. The normalized spacial score (nSPS) is 18.9. The Bertz CT molecular complexity index is 329. The van der Waals surface area contributed by atoms with Gasteiger partial charge in [-0.05, 0) is 30.9 Å². The van der Waals surface area contributed by atoms with Gasteiger partial charge in [-0.2, -0.15) is 0 Å². The second kappa shape index (κ2) is 5.46. The third-order valence-electron chi connectivity index (χ3n) is 3.52. The molecule has 0 radical (unpaired) electrons. The van der Waals surface area contributed by atoms with Crippen LogP contribution < -0.4 is 0 Å². The highest BCUT2D eigenvalue weighted by Crippen LogP contribution is 2.17. The van der Waals surface area contributed by atoms with Gasteiger partial charge < -0.3 is 4.74 Å². The highest BCUT2D eigenvalue weighted by Gasteiger charge is 2.18. The minimum Gasteiger partial charge on any atom is -0.381 e. The molecule has 0 amide bonds. The number of hydrogen-bond acceptors (Lipinski definition) is 2. The number of rotatable bonds is 3. The summed E-state index contributed by atoms with van der Waals surface area (Å²) in [4.78, 5) is 2.53. The number of methoxy groups -OCH3 is 1. The van der Waals surface area contributed by atoms with Crippen molar-refractivity contribution in [3.05, 3.63) is 35.4 Å². The molecule has 16 heavy (non-hydrogen) atoms. The third kappa shape index (κ3) is 2.83. The molecule has 2 heteroatoms. The molecule has 0 spiro atoms. The van der Waals surface area contributed by atoms with Crippen LogP contribution in [0.15, 0.2) is 24.3 Å². The standard InChI is InChI=1S/C14H21NO/c1-12-5-3-4-6-13(12)11-15-9-7-14(16-2)8-10-15/h3-6,14H,7-11H2,1-2H3. The van der Waals surface area contributed by atoms with E-state index in [0.29, 0.717) is 6.10 Å². The number of piperidine rings is 1. The summed E-state index contributed by atoms with van der Waals surface area (Å²) in [5.74, 6) is 0. The van der Waals surface area contributed by atoms with Crippen molar-refractivity contribution in [2.45, 2.75) is 32.4 Å². The van der Waals surface area contributed by atoms with Crippen molar-refractivity contribution in [3.8, 4) is 0 Å². The van der Waals surface area contributed by atoms with E-state index in [-0.39, 0.29) is 0 Å². The van der Waals surface area contributed by atoms with Crippen LogP contribution in [0.25, 0.3) is 0 Å². The van der Waals surface area contributed by atoms with E-state index in [2.05, 4.69) is 36.1 Å². The lowest BCUT2D eigenvalue weighted by atomic mass is 10.0. The van der Waals surface area contributed by atoms with Gasteiger partial charge in [-0.3, -0.25) is 4.90 Å². The summed E-state index contributed by atoms with van der Waals surface area (Å²) in [7, 11) is 1.82. The fourth-order valence-electron chi connectivity index (χ4n) is 2.33. The number of nitrogens with zero attached hydrogens (tertiary/aromatic N) is 1.